The summed E-state index contributed by atoms with van der Waals surface area (Å²) in [6, 6.07) is 0. The summed E-state index contributed by atoms with van der Waals surface area (Å²) >= 11 is 1.86. The third-order valence-corrected chi connectivity index (χ3v) is 4.79. The first-order chi connectivity index (χ1) is 9.18. The Balaban J connectivity index is 3.96. The van der Waals surface area contributed by atoms with E-state index in [1.807, 2.05) is 11.9 Å². The summed E-state index contributed by atoms with van der Waals surface area (Å²) in [7, 11) is 0. The predicted octanol–water partition coefficient (Wildman–Crippen LogP) is 6.19. The van der Waals surface area contributed by atoms with Crippen LogP contribution in [0.5, 0.6) is 0 Å². The highest BCUT2D eigenvalue weighted by molar-refractivity contribution is 7.97. The number of unbranched alkanes of at least 4 members (excludes halogenated alkanes) is 5. The average Bonchev–Trinajstić information content (AvgIpc) is 2.41. The van der Waals surface area contributed by atoms with Crippen molar-refractivity contribution >= 4 is 11.9 Å². The Morgan fingerprint density at radius 1 is 0.789 bits per heavy atom. The van der Waals surface area contributed by atoms with Crippen LogP contribution < -0.4 is 4.72 Å². The zero-order valence-electron chi connectivity index (χ0n) is 13.9. The van der Waals surface area contributed by atoms with Crippen LogP contribution in [-0.2, 0) is 0 Å². The molecule has 2 heteroatoms. The summed E-state index contributed by atoms with van der Waals surface area (Å²) in [5.74, 6) is 1.17. The van der Waals surface area contributed by atoms with Crippen molar-refractivity contribution in [3.63, 3.8) is 0 Å². The van der Waals surface area contributed by atoms with Crippen LogP contribution in [0.4, 0.5) is 0 Å². The van der Waals surface area contributed by atoms with Gasteiger partial charge >= 0.3 is 0 Å². The summed E-state index contributed by atoms with van der Waals surface area (Å²) < 4.78 is 3.50. The van der Waals surface area contributed by atoms with Gasteiger partial charge in [-0.25, -0.2) is 0 Å². The van der Waals surface area contributed by atoms with E-state index in [1.54, 1.807) is 0 Å². The second kappa shape index (κ2) is 13.3. The Bertz CT molecular complexity index is 170. The molecule has 0 heterocycles. The molecular formula is C17H37NS. The molecule has 1 unspecified atom stereocenters. The second-order valence-electron chi connectivity index (χ2n) is 6.16. The van der Waals surface area contributed by atoms with Gasteiger partial charge in [-0.2, -0.15) is 0 Å². The van der Waals surface area contributed by atoms with Gasteiger partial charge in [-0.1, -0.05) is 84.6 Å². The zero-order valence-corrected chi connectivity index (χ0v) is 14.7. The quantitative estimate of drug-likeness (QED) is 0.302. The average molecular weight is 288 g/mol. The molecule has 0 saturated carbocycles. The van der Waals surface area contributed by atoms with Gasteiger partial charge in [-0.15, -0.1) is 0 Å². The van der Waals surface area contributed by atoms with E-state index in [1.165, 1.54) is 76.5 Å². The Kier molecular flexibility index (Phi) is 13.5. The minimum atomic E-state index is 0.574. The smallest absolute Gasteiger partial charge is 0.00636 e. The van der Waals surface area contributed by atoms with Crippen LogP contribution in [0, 0.1) is 5.41 Å². The van der Waals surface area contributed by atoms with Gasteiger partial charge < -0.3 is 0 Å². The van der Waals surface area contributed by atoms with Crippen LogP contribution in [0.3, 0.4) is 0 Å². The number of rotatable bonds is 14. The first-order valence-corrected chi connectivity index (χ1v) is 9.51. The molecule has 1 nitrogen and oxygen atoms in total. The summed E-state index contributed by atoms with van der Waals surface area (Å²) in [4.78, 5) is 0. The minimum absolute atomic E-state index is 0.574. The normalized spacial score (nSPS) is 14.5. The van der Waals surface area contributed by atoms with E-state index in [-0.39, 0.29) is 0 Å². The zero-order chi connectivity index (χ0) is 14.4. The van der Waals surface area contributed by atoms with E-state index in [0.717, 1.165) is 0 Å². The van der Waals surface area contributed by atoms with Crippen LogP contribution in [0.2, 0.25) is 0 Å². The molecule has 19 heavy (non-hydrogen) atoms. The van der Waals surface area contributed by atoms with E-state index in [9.17, 15) is 0 Å². The van der Waals surface area contributed by atoms with Gasteiger partial charge in [-0.3, -0.25) is 4.72 Å². The highest BCUT2D eigenvalue weighted by Gasteiger charge is 2.22. The molecule has 0 saturated heterocycles. The van der Waals surface area contributed by atoms with Gasteiger partial charge in [0.15, 0.2) is 0 Å². The van der Waals surface area contributed by atoms with Crippen LogP contribution in [0.1, 0.15) is 91.9 Å². The lowest BCUT2D eigenvalue weighted by atomic mass is 9.77. The maximum absolute atomic E-state index is 3.50. The molecule has 0 aromatic carbocycles. The molecule has 0 aliphatic carbocycles. The molecule has 0 aliphatic rings. The summed E-state index contributed by atoms with van der Waals surface area (Å²) in [5, 5.41) is 0. The fourth-order valence-corrected chi connectivity index (χ4v) is 3.13. The van der Waals surface area contributed by atoms with Crippen molar-refractivity contribution in [2.45, 2.75) is 91.9 Å². The third-order valence-electron chi connectivity index (χ3n) is 4.09. The molecule has 1 atom stereocenters. The van der Waals surface area contributed by atoms with Gasteiger partial charge in [0, 0.05) is 12.3 Å². The molecular weight excluding hydrogens is 250 g/mol. The molecule has 0 aromatic rings. The Hall–Kier alpha value is 0.310. The maximum atomic E-state index is 3.50. The van der Waals surface area contributed by atoms with E-state index < -0.39 is 0 Å². The first-order valence-electron chi connectivity index (χ1n) is 8.53. The van der Waals surface area contributed by atoms with Crippen molar-refractivity contribution in [1.29, 1.82) is 0 Å². The van der Waals surface area contributed by atoms with Crippen molar-refractivity contribution < 1.29 is 0 Å². The van der Waals surface area contributed by atoms with Gasteiger partial charge in [-0.05, 0) is 24.7 Å². The Labute approximate surface area is 126 Å². The van der Waals surface area contributed by atoms with Crippen molar-refractivity contribution in [3.05, 3.63) is 0 Å². The lowest BCUT2D eigenvalue weighted by Gasteiger charge is -2.30. The summed E-state index contributed by atoms with van der Waals surface area (Å²) in [5.41, 5.74) is 0.574. The fourth-order valence-electron chi connectivity index (χ4n) is 2.68. The monoisotopic (exact) mass is 287 g/mol. The van der Waals surface area contributed by atoms with E-state index in [2.05, 4.69) is 32.4 Å². The molecule has 0 radical (unpaired) electrons. The van der Waals surface area contributed by atoms with Gasteiger partial charge in [0.1, 0.15) is 0 Å². The molecule has 0 fully saturated rings. The molecule has 1 N–H and O–H groups in total. The van der Waals surface area contributed by atoms with Gasteiger partial charge in [0.05, 0.1) is 0 Å². The molecule has 0 spiro atoms. The van der Waals surface area contributed by atoms with Crippen molar-refractivity contribution in [2.75, 3.05) is 12.3 Å². The van der Waals surface area contributed by atoms with Crippen LogP contribution in [0.25, 0.3) is 0 Å². The van der Waals surface area contributed by atoms with Crippen molar-refractivity contribution in [1.82, 2.24) is 4.72 Å². The van der Waals surface area contributed by atoms with E-state index in [0.29, 0.717) is 5.41 Å². The van der Waals surface area contributed by atoms with Crippen molar-refractivity contribution in [2.24, 2.45) is 5.41 Å². The summed E-state index contributed by atoms with van der Waals surface area (Å²) in [6.45, 7) is 10.5. The van der Waals surface area contributed by atoms with Gasteiger partial charge in [0.25, 0.3) is 0 Å². The third kappa shape index (κ3) is 11.8. The van der Waals surface area contributed by atoms with Crippen molar-refractivity contribution in [3.8, 4) is 0 Å². The lowest BCUT2D eigenvalue weighted by Crippen LogP contribution is -2.22. The lowest BCUT2D eigenvalue weighted by molar-refractivity contribution is 0.234. The second-order valence-corrected chi connectivity index (χ2v) is 7.31. The SMILES string of the molecule is CCCCCCC(C)(CCCCC)CCNSCC. The van der Waals surface area contributed by atoms with E-state index in [4.69, 9.17) is 0 Å². The Morgan fingerprint density at radius 2 is 1.37 bits per heavy atom. The summed E-state index contributed by atoms with van der Waals surface area (Å²) in [6.07, 6.45) is 14.0. The minimum Gasteiger partial charge on any atom is -0.264 e. The number of hydrogen-bond donors (Lipinski definition) is 1. The highest BCUT2D eigenvalue weighted by Crippen LogP contribution is 2.34. The standard InChI is InChI=1S/C17H37NS/c1-5-8-10-12-14-17(4,13-11-9-6-2)15-16-18-19-7-3/h18H,5-16H2,1-4H3. The highest BCUT2D eigenvalue weighted by atomic mass is 32.2. The van der Waals surface area contributed by atoms with Crippen LogP contribution in [0.15, 0.2) is 0 Å². The predicted molar refractivity (Wildman–Crippen MR) is 91.8 cm³/mol. The topological polar surface area (TPSA) is 12.0 Å². The van der Waals surface area contributed by atoms with Gasteiger partial charge in [0.2, 0.25) is 0 Å². The maximum Gasteiger partial charge on any atom is 0.00636 e. The first kappa shape index (κ1) is 19.3. The number of nitrogens with one attached hydrogen (secondary N) is 1. The molecule has 0 rings (SSSR count). The largest absolute Gasteiger partial charge is 0.264 e. The van der Waals surface area contributed by atoms with Crippen LogP contribution in [-0.4, -0.2) is 12.3 Å². The Morgan fingerprint density at radius 3 is 1.95 bits per heavy atom. The molecule has 0 aromatic heterocycles. The van der Waals surface area contributed by atoms with E-state index >= 15 is 0 Å². The number of hydrogen-bond acceptors (Lipinski definition) is 2. The molecule has 116 valence electrons. The molecule has 0 aliphatic heterocycles. The fraction of sp³-hybridized carbons (Fsp3) is 1.00. The molecule has 0 bridgehead atoms. The molecule has 0 amide bonds. The van der Waals surface area contributed by atoms with Crippen LogP contribution >= 0.6 is 11.9 Å².